The van der Waals surface area contributed by atoms with Crippen molar-refractivity contribution in [3.8, 4) is 0 Å². The maximum absolute atomic E-state index is 10.8. The van der Waals surface area contributed by atoms with Crippen molar-refractivity contribution in [3.05, 3.63) is 11.6 Å². The van der Waals surface area contributed by atoms with Crippen LogP contribution in [0.1, 0.15) is 52.9 Å². The molecule has 0 saturated heterocycles. The van der Waals surface area contributed by atoms with Gasteiger partial charge in [-0.05, 0) is 37.5 Å². The van der Waals surface area contributed by atoms with Crippen molar-refractivity contribution < 1.29 is 4.79 Å². The zero-order valence-corrected chi connectivity index (χ0v) is 11.5. The SMILES string of the molecule is CC12CCCC=C1C(C)(C)/C(=N/NC(N)=O)CC2. The highest BCUT2D eigenvalue weighted by Gasteiger charge is 2.45. The number of urea groups is 1. The van der Waals surface area contributed by atoms with E-state index in [9.17, 15) is 4.79 Å². The van der Waals surface area contributed by atoms with Crippen molar-refractivity contribution in [2.45, 2.75) is 52.9 Å². The van der Waals surface area contributed by atoms with Crippen LogP contribution in [0, 0.1) is 10.8 Å². The summed E-state index contributed by atoms with van der Waals surface area (Å²) in [5, 5.41) is 4.21. The highest BCUT2D eigenvalue weighted by molar-refractivity contribution is 5.94. The van der Waals surface area contributed by atoms with Gasteiger partial charge in [-0.1, -0.05) is 32.4 Å². The van der Waals surface area contributed by atoms with E-state index in [-0.39, 0.29) is 5.41 Å². The molecule has 0 aromatic rings. The first-order valence-corrected chi connectivity index (χ1v) is 6.70. The van der Waals surface area contributed by atoms with Crippen LogP contribution in [0.15, 0.2) is 16.8 Å². The summed E-state index contributed by atoms with van der Waals surface area (Å²) in [6, 6.07) is -0.593. The van der Waals surface area contributed by atoms with Crippen LogP contribution in [0.3, 0.4) is 0 Å². The smallest absolute Gasteiger partial charge is 0.332 e. The molecule has 0 aromatic carbocycles. The van der Waals surface area contributed by atoms with Crippen LogP contribution in [0.2, 0.25) is 0 Å². The molecule has 0 aliphatic heterocycles. The predicted octanol–water partition coefficient (Wildman–Crippen LogP) is 2.95. The molecule has 3 N–H and O–H groups in total. The second-order valence-corrected chi connectivity index (χ2v) is 6.23. The van der Waals surface area contributed by atoms with E-state index < -0.39 is 6.03 Å². The van der Waals surface area contributed by atoms with Crippen LogP contribution in [0.25, 0.3) is 0 Å². The summed E-state index contributed by atoms with van der Waals surface area (Å²) in [5.74, 6) is 0. The number of nitrogens with two attached hydrogens (primary N) is 1. The Morgan fingerprint density at radius 1 is 1.39 bits per heavy atom. The van der Waals surface area contributed by atoms with Gasteiger partial charge in [0.1, 0.15) is 0 Å². The molecule has 18 heavy (non-hydrogen) atoms. The Bertz CT molecular complexity index is 423. The Balaban J connectivity index is 2.32. The molecule has 2 aliphatic carbocycles. The number of hydrogen-bond acceptors (Lipinski definition) is 2. The molecular formula is C14H23N3O. The molecule has 4 nitrogen and oxygen atoms in total. The Morgan fingerprint density at radius 3 is 2.78 bits per heavy atom. The van der Waals surface area contributed by atoms with E-state index in [1.807, 2.05) is 0 Å². The number of hydrogen-bond donors (Lipinski definition) is 2. The maximum atomic E-state index is 10.8. The lowest BCUT2D eigenvalue weighted by Gasteiger charge is -2.48. The number of nitrogens with zero attached hydrogens (tertiary/aromatic N) is 1. The van der Waals surface area contributed by atoms with Gasteiger partial charge in [0, 0.05) is 11.1 Å². The van der Waals surface area contributed by atoms with E-state index in [0.29, 0.717) is 5.41 Å². The minimum atomic E-state index is -0.593. The highest BCUT2D eigenvalue weighted by atomic mass is 16.2. The van der Waals surface area contributed by atoms with Crippen LogP contribution >= 0.6 is 0 Å². The molecule has 4 heteroatoms. The summed E-state index contributed by atoms with van der Waals surface area (Å²) in [5.41, 5.74) is 10.2. The number of rotatable bonds is 1. The highest BCUT2D eigenvalue weighted by Crippen LogP contribution is 2.53. The molecule has 100 valence electrons. The van der Waals surface area contributed by atoms with Gasteiger partial charge < -0.3 is 5.73 Å². The number of allylic oxidation sites excluding steroid dienone is 2. The molecule has 2 amide bonds. The number of fused-ring (bicyclic) bond motifs is 1. The Morgan fingerprint density at radius 2 is 2.11 bits per heavy atom. The van der Waals surface area contributed by atoms with Gasteiger partial charge in [-0.2, -0.15) is 5.10 Å². The summed E-state index contributed by atoms with van der Waals surface area (Å²) in [6.07, 6.45) is 8.12. The fraction of sp³-hybridized carbons (Fsp3) is 0.714. The van der Waals surface area contributed by atoms with E-state index in [1.54, 1.807) is 0 Å². The molecule has 1 unspecified atom stereocenters. The van der Waals surface area contributed by atoms with Gasteiger partial charge in [-0.25, -0.2) is 10.2 Å². The first-order chi connectivity index (χ1) is 8.36. The lowest BCUT2D eigenvalue weighted by molar-refractivity contribution is 0.245. The van der Waals surface area contributed by atoms with Gasteiger partial charge in [-0.3, -0.25) is 0 Å². The van der Waals surface area contributed by atoms with Crippen LogP contribution in [0.4, 0.5) is 4.79 Å². The third-order valence-corrected chi connectivity index (χ3v) is 4.54. The summed E-state index contributed by atoms with van der Waals surface area (Å²) in [6.45, 7) is 6.75. The van der Waals surface area contributed by atoms with Gasteiger partial charge in [0.15, 0.2) is 0 Å². The third-order valence-electron chi connectivity index (χ3n) is 4.54. The topological polar surface area (TPSA) is 67.5 Å². The van der Waals surface area contributed by atoms with Crippen LogP contribution in [0.5, 0.6) is 0 Å². The van der Waals surface area contributed by atoms with Gasteiger partial charge in [0.05, 0.1) is 0 Å². The van der Waals surface area contributed by atoms with Crippen molar-refractivity contribution in [2.24, 2.45) is 21.7 Å². The molecule has 0 bridgehead atoms. The largest absolute Gasteiger partial charge is 0.350 e. The summed E-state index contributed by atoms with van der Waals surface area (Å²) in [4.78, 5) is 10.8. The second-order valence-electron chi connectivity index (χ2n) is 6.23. The average Bonchev–Trinajstić information content (AvgIpc) is 2.27. The van der Waals surface area contributed by atoms with Crippen LogP contribution in [-0.4, -0.2) is 11.7 Å². The molecule has 0 aromatic heterocycles. The molecule has 1 saturated carbocycles. The Kier molecular flexibility index (Phi) is 3.21. The van der Waals surface area contributed by atoms with Gasteiger partial charge in [0.2, 0.25) is 0 Å². The zero-order chi connectivity index (χ0) is 13.4. The lowest BCUT2D eigenvalue weighted by Crippen LogP contribution is -2.43. The van der Waals surface area contributed by atoms with Gasteiger partial charge >= 0.3 is 6.03 Å². The predicted molar refractivity (Wildman–Crippen MR) is 73.2 cm³/mol. The van der Waals surface area contributed by atoms with E-state index >= 15 is 0 Å². The first kappa shape index (κ1) is 13.1. The molecule has 0 spiro atoms. The summed E-state index contributed by atoms with van der Waals surface area (Å²) in [7, 11) is 0. The van der Waals surface area contributed by atoms with Crippen LogP contribution in [-0.2, 0) is 0 Å². The van der Waals surface area contributed by atoms with Crippen molar-refractivity contribution >= 4 is 11.7 Å². The van der Waals surface area contributed by atoms with Crippen LogP contribution < -0.4 is 11.2 Å². The Hall–Kier alpha value is -1.32. The molecule has 2 aliphatic rings. The number of amides is 2. The molecular weight excluding hydrogens is 226 g/mol. The van der Waals surface area contributed by atoms with E-state index in [4.69, 9.17) is 5.73 Å². The minimum absolute atomic E-state index is 0.0735. The zero-order valence-electron chi connectivity index (χ0n) is 11.5. The quantitative estimate of drug-likeness (QED) is 0.544. The molecule has 1 atom stereocenters. The second kappa shape index (κ2) is 4.41. The van der Waals surface area contributed by atoms with Gasteiger partial charge in [-0.15, -0.1) is 0 Å². The van der Waals surface area contributed by atoms with Gasteiger partial charge in [0.25, 0.3) is 0 Å². The minimum Gasteiger partial charge on any atom is -0.350 e. The molecule has 0 heterocycles. The van der Waals surface area contributed by atoms with E-state index in [2.05, 4.69) is 37.4 Å². The number of carbonyl (C=O) groups is 1. The summed E-state index contributed by atoms with van der Waals surface area (Å²) < 4.78 is 0. The molecule has 2 rings (SSSR count). The van der Waals surface area contributed by atoms with E-state index in [1.165, 1.54) is 18.4 Å². The van der Waals surface area contributed by atoms with Crippen molar-refractivity contribution in [1.29, 1.82) is 0 Å². The standard InChI is InChI=1S/C14H23N3O/c1-13(2)10-6-4-5-8-14(10,3)9-7-11(13)16-17-12(15)18/h6H,4-5,7-9H2,1-3H3,(H3,15,17,18)/b16-11+. The fourth-order valence-corrected chi connectivity index (χ4v) is 3.57. The van der Waals surface area contributed by atoms with Crippen molar-refractivity contribution in [1.82, 2.24) is 5.43 Å². The number of hydrazone groups is 1. The first-order valence-electron chi connectivity index (χ1n) is 6.70. The number of nitrogens with one attached hydrogen (secondary N) is 1. The monoisotopic (exact) mass is 249 g/mol. The molecule has 0 radical (unpaired) electrons. The normalized spacial score (nSPS) is 32.6. The van der Waals surface area contributed by atoms with E-state index in [0.717, 1.165) is 25.0 Å². The molecule has 1 fully saturated rings. The summed E-state index contributed by atoms with van der Waals surface area (Å²) >= 11 is 0. The lowest BCUT2D eigenvalue weighted by atomic mass is 9.56. The van der Waals surface area contributed by atoms with Crippen molar-refractivity contribution in [2.75, 3.05) is 0 Å². The number of primary amides is 1. The number of carbonyl (C=O) groups excluding carboxylic acids is 1. The Labute approximate surface area is 109 Å². The third kappa shape index (κ3) is 2.16. The van der Waals surface area contributed by atoms with Crippen molar-refractivity contribution in [3.63, 3.8) is 0 Å². The maximum Gasteiger partial charge on any atom is 0.332 e. The average molecular weight is 249 g/mol. The fourth-order valence-electron chi connectivity index (χ4n) is 3.57.